The molecule has 0 radical (unpaired) electrons. The number of thiophene rings is 1. The van der Waals surface area contributed by atoms with Gasteiger partial charge in [-0.05, 0) is 43.7 Å². The summed E-state index contributed by atoms with van der Waals surface area (Å²) in [6.45, 7) is 4.06. The fourth-order valence-corrected chi connectivity index (χ4v) is 3.32. The largest absolute Gasteiger partial charge is 0.477 e. The van der Waals surface area contributed by atoms with E-state index in [0.717, 1.165) is 43.8 Å². The third-order valence-electron chi connectivity index (χ3n) is 4.06. The number of hydrogen-bond acceptors (Lipinski definition) is 4. The first kappa shape index (κ1) is 16.0. The van der Waals surface area contributed by atoms with Gasteiger partial charge in [-0.1, -0.05) is 6.42 Å². The first-order chi connectivity index (χ1) is 10.1. The molecule has 0 aliphatic heterocycles. The second kappa shape index (κ2) is 7.04. The molecule has 1 saturated carbocycles. The lowest BCUT2D eigenvalue weighted by atomic mass is 9.67. The SMILES string of the molecule is CCOCCC1(CNC(=O)c2ccc(C(=O)O)s2)CCC1. The second-order valence-electron chi connectivity index (χ2n) is 5.45. The Morgan fingerprint density at radius 1 is 1.38 bits per heavy atom. The van der Waals surface area contributed by atoms with Gasteiger partial charge in [0.1, 0.15) is 4.88 Å². The Kier molecular flexibility index (Phi) is 5.36. The van der Waals surface area contributed by atoms with Crippen LogP contribution in [0.15, 0.2) is 12.1 Å². The predicted molar refractivity (Wildman–Crippen MR) is 81.0 cm³/mol. The van der Waals surface area contributed by atoms with Crippen molar-refractivity contribution in [1.82, 2.24) is 5.32 Å². The standard InChI is InChI=1S/C15H21NO4S/c1-2-20-9-8-15(6-3-7-15)10-16-13(17)11-4-5-12(21-11)14(18)19/h4-5H,2-3,6-10H2,1H3,(H,16,17)(H,18,19). The van der Waals surface area contributed by atoms with Crippen LogP contribution in [0.2, 0.25) is 0 Å². The Labute approximate surface area is 128 Å². The summed E-state index contributed by atoms with van der Waals surface area (Å²) in [5, 5.41) is 11.8. The van der Waals surface area contributed by atoms with Crippen LogP contribution in [-0.4, -0.2) is 36.7 Å². The molecule has 1 aliphatic rings. The van der Waals surface area contributed by atoms with Gasteiger partial charge in [-0.3, -0.25) is 4.79 Å². The van der Waals surface area contributed by atoms with Crippen molar-refractivity contribution in [3.63, 3.8) is 0 Å². The third kappa shape index (κ3) is 4.04. The van der Waals surface area contributed by atoms with Crippen LogP contribution in [0.1, 0.15) is 52.0 Å². The molecule has 0 aromatic carbocycles. The summed E-state index contributed by atoms with van der Waals surface area (Å²) < 4.78 is 5.41. The Morgan fingerprint density at radius 2 is 2.10 bits per heavy atom. The van der Waals surface area contributed by atoms with Crippen LogP contribution in [0.25, 0.3) is 0 Å². The zero-order valence-corrected chi connectivity index (χ0v) is 13.0. The van der Waals surface area contributed by atoms with Gasteiger partial charge in [0.05, 0.1) is 4.88 Å². The lowest BCUT2D eigenvalue weighted by Gasteiger charge is -2.42. The van der Waals surface area contributed by atoms with E-state index in [1.165, 1.54) is 12.5 Å². The number of carboxylic acid groups (broad SMARTS) is 1. The summed E-state index contributed by atoms with van der Waals surface area (Å²) in [5.41, 5.74) is 0.164. The highest BCUT2D eigenvalue weighted by atomic mass is 32.1. The monoisotopic (exact) mass is 311 g/mol. The summed E-state index contributed by atoms with van der Waals surface area (Å²) in [5.74, 6) is -1.18. The molecule has 2 N–H and O–H groups in total. The van der Waals surface area contributed by atoms with E-state index in [9.17, 15) is 9.59 Å². The Balaban J connectivity index is 1.85. The van der Waals surface area contributed by atoms with Gasteiger partial charge in [-0.2, -0.15) is 0 Å². The van der Waals surface area contributed by atoms with Gasteiger partial charge in [0.15, 0.2) is 0 Å². The number of carboxylic acids is 1. The molecule has 116 valence electrons. The fourth-order valence-electron chi connectivity index (χ4n) is 2.55. The first-order valence-corrected chi connectivity index (χ1v) is 8.07. The van der Waals surface area contributed by atoms with E-state index in [2.05, 4.69) is 5.32 Å². The molecule has 21 heavy (non-hydrogen) atoms. The molecular weight excluding hydrogens is 290 g/mol. The number of amides is 1. The maximum atomic E-state index is 12.1. The number of nitrogens with one attached hydrogen (secondary N) is 1. The van der Waals surface area contributed by atoms with E-state index in [1.54, 1.807) is 6.07 Å². The lowest BCUT2D eigenvalue weighted by molar-refractivity contribution is 0.0514. The molecule has 1 amide bonds. The van der Waals surface area contributed by atoms with Crippen LogP contribution >= 0.6 is 11.3 Å². The van der Waals surface area contributed by atoms with Crippen molar-refractivity contribution < 1.29 is 19.4 Å². The molecule has 0 saturated heterocycles. The van der Waals surface area contributed by atoms with Crippen molar-refractivity contribution in [3.8, 4) is 0 Å². The molecule has 0 bridgehead atoms. The summed E-state index contributed by atoms with van der Waals surface area (Å²) in [7, 11) is 0. The van der Waals surface area contributed by atoms with Crippen molar-refractivity contribution >= 4 is 23.2 Å². The molecule has 5 nitrogen and oxygen atoms in total. The smallest absolute Gasteiger partial charge is 0.345 e. The predicted octanol–water partition coefficient (Wildman–Crippen LogP) is 2.77. The van der Waals surface area contributed by atoms with Crippen LogP contribution < -0.4 is 5.32 Å². The quantitative estimate of drug-likeness (QED) is 0.724. The van der Waals surface area contributed by atoms with Crippen molar-refractivity contribution in [3.05, 3.63) is 21.9 Å². The minimum absolute atomic E-state index is 0.164. The van der Waals surface area contributed by atoms with Gasteiger partial charge in [0.2, 0.25) is 0 Å². The van der Waals surface area contributed by atoms with E-state index in [0.29, 0.717) is 11.4 Å². The molecular formula is C15H21NO4S. The zero-order chi connectivity index (χ0) is 15.3. The molecule has 2 rings (SSSR count). The van der Waals surface area contributed by atoms with Crippen LogP contribution in [-0.2, 0) is 4.74 Å². The Hall–Kier alpha value is -1.40. The lowest BCUT2D eigenvalue weighted by Crippen LogP contribution is -2.42. The molecule has 0 unspecified atom stereocenters. The minimum atomic E-state index is -0.994. The zero-order valence-electron chi connectivity index (χ0n) is 12.2. The van der Waals surface area contributed by atoms with Gasteiger partial charge < -0.3 is 15.2 Å². The molecule has 1 aromatic heterocycles. The van der Waals surface area contributed by atoms with Gasteiger partial charge >= 0.3 is 5.97 Å². The highest BCUT2D eigenvalue weighted by Crippen LogP contribution is 2.43. The Morgan fingerprint density at radius 3 is 2.62 bits per heavy atom. The molecule has 1 heterocycles. The van der Waals surface area contributed by atoms with E-state index in [4.69, 9.17) is 9.84 Å². The maximum absolute atomic E-state index is 12.1. The summed E-state index contributed by atoms with van der Waals surface area (Å²) >= 11 is 1.01. The molecule has 1 aliphatic carbocycles. The molecule has 6 heteroatoms. The molecule has 0 spiro atoms. The topological polar surface area (TPSA) is 75.6 Å². The normalized spacial score (nSPS) is 16.2. The third-order valence-corrected chi connectivity index (χ3v) is 5.13. The molecule has 1 fully saturated rings. The highest BCUT2D eigenvalue weighted by Gasteiger charge is 2.36. The maximum Gasteiger partial charge on any atom is 0.345 e. The van der Waals surface area contributed by atoms with E-state index < -0.39 is 5.97 Å². The van der Waals surface area contributed by atoms with E-state index in [-0.39, 0.29) is 16.2 Å². The van der Waals surface area contributed by atoms with E-state index in [1.807, 2.05) is 6.92 Å². The van der Waals surface area contributed by atoms with Crippen molar-refractivity contribution in [2.45, 2.75) is 32.6 Å². The number of carbonyl (C=O) groups is 2. The number of hydrogen-bond donors (Lipinski definition) is 2. The summed E-state index contributed by atoms with van der Waals surface area (Å²) in [6, 6.07) is 3.03. The van der Waals surface area contributed by atoms with Crippen LogP contribution in [0.4, 0.5) is 0 Å². The van der Waals surface area contributed by atoms with Gasteiger partial charge in [0.25, 0.3) is 5.91 Å². The van der Waals surface area contributed by atoms with Gasteiger partial charge in [-0.15, -0.1) is 11.3 Å². The average molecular weight is 311 g/mol. The first-order valence-electron chi connectivity index (χ1n) is 7.25. The van der Waals surface area contributed by atoms with Crippen LogP contribution in [0, 0.1) is 5.41 Å². The summed E-state index contributed by atoms with van der Waals surface area (Å²) in [6.07, 6.45) is 4.40. The molecule has 0 atom stereocenters. The average Bonchev–Trinajstić information content (AvgIpc) is 2.90. The van der Waals surface area contributed by atoms with Crippen LogP contribution in [0.3, 0.4) is 0 Å². The number of rotatable bonds is 8. The highest BCUT2D eigenvalue weighted by molar-refractivity contribution is 7.15. The minimum Gasteiger partial charge on any atom is -0.477 e. The second-order valence-corrected chi connectivity index (χ2v) is 6.54. The Bertz CT molecular complexity index is 508. The summed E-state index contributed by atoms with van der Waals surface area (Å²) in [4.78, 5) is 23.5. The van der Waals surface area contributed by atoms with Gasteiger partial charge in [0, 0.05) is 19.8 Å². The van der Waals surface area contributed by atoms with Crippen molar-refractivity contribution in [2.24, 2.45) is 5.41 Å². The fraction of sp³-hybridized carbons (Fsp3) is 0.600. The van der Waals surface area contributed by atoms with Gasteiger partial charge in [-0.25, -0.2) is 4.79 Å². The number of aromatic carboxylic acids is 1. The van der Waals surface area contributed by atoms with Crippen molar-refractivity contribution in [1.29, 1.82) is 0 Å². The number of carbonyl (C=O) groups excluding carboxylic acids is 1. The van der Waals surface area contributed by atoms with Crippen molar-refractivity contribution in [2.75, 3.05) is 19.8 Å². The van der Waals surface area contributed by atoms with Crippen LogP contribution in [0.5, 0.6) is 0 Å². The molecule has 1 aromatic rings. The van der Waals surface area contributed by atoms with E-state index >= 15 is 0 Å². The number of ether oxygens (including phenoxy) is 1.